The van der Waals surface area contributed by atoms with Gasteiger partial charge in [0.1, 0.15) is 18.8 Å². The first-order valence-corrected chi connectivity index (χ1v) is 13.5. The molecule has 0 rings (SSSR count). The van der Waals surface area contributed by atoms with E-state index in [1.165, 1.54) is 64.2 Å². The van der Waals surface area contributed by atoms with E-state index in [1.807, 2.05) is 0 Å². The number of rotatable bonds is 23. The van der Waals surface area contributed by atoms with Crippen LogP contribution >= 0.6 is 7.82 Å². The first-order valence-electron chi connectivity index (χ1n) is 12.0. The van der Waals surface area contributed by atoms with Crippen molar-refractivity contribution in [3.63, 3.8) is 0 Å². The Balaban J connectivity index is 0. The first-order chi connectivity index (χ1) is 15.3. The third kappa shape index (κ3) is 25.4. The summed E-state index contributed by atoms with van der Waals surface area (Å²) in [7, 11) is -4.73. The van der Waals surface area contributed by atoms with Crippen molar-refractivity contribution in [3.05, 3.63) is 0 Å². The number of phosphoric ester groups is 1. The number of unbranched alkanes of at least 4 members (excludes halogenated alkanes) is 12. The molecule has 0 bridgehead atoms. The van der Waals surface area contributed by atoms with Gasteiger partial charge in [0.25, 0.3) is 7.82 Å². The number of phosphoric acid groups is 1. The molecule has 2 unspecified atom stereocenters. The van der Waals surface area contributed by atoms with Crippen molar-refractivity contribution >= 4 is 13.8 Å². The smallest absolute Gasteiger partial charge is 0.756 e. The molecule has 0 spiro atoms. The minimum absolute atomic E-state index is 0. The van der Waals surface area contributed by atoms with Crippen molar-refractivity contribution in [2.75, 3.05) is 26.4 Å². The minimum Gasteiger partial charge on any atom is -0.756 e. The Morgan fingerprint density at radius 1 is 0.788 bits per heavy atom. The van der Waals surface area contributed by atoms with Crippen LogP contribution in [0.4, 0.5) is 0 Å². The van der Waals surface area contributed by atoms with Gasteiger partial charge in [-0.15, -0.1) is 0 Å². The van der Waals surface area contributed by atoms with Crippen molar-refractivity contribution < 1.29 is 72.9 Å². The van der Waals surface area contributed by atoms with Crippen LogP contribution in [-0.2, 0) is 23.1 Å². The predicted octanol–water partition coefficient (Wildman–Crippen LogP) is 0.231. The average molecular weight is 507 g/mol. The Hall–Kier alpha value is 0.460. The number of carbonyl (C=O) groups is 1. The van der Waals surface area contributed by atoms with Gasteiger partial charge in [0.15, 0.2) is 0 Å². The predicted molar refractivity (Wildman–Crippen MR) is 120 cm³/mol. The zero-order chi connectivity index (χ0) is 24.1. The van der Waals surface area contributed by atoms with E-state index in [2.05, 4.69) is 16.0 Å². The molecule has 11 heteroatoms. The van der Waals surface area contributed by atoms with E-state index in [0.29, 0.717) is 0 Å². The van der Waals surface area contributed by atoms with Crippen molar-refractivity contribution in [3.8, 4) is 0 Å². The molecule has 0 aliphatic heterocycles. The van der Waals surface area contributed by atoms with Gasteiger partial charge in [0, 0.05) is 6.42 Å². The van der Waals surface area contributed by atoms with Gasteiger partial charge in [-0.3, -0.25) is 9.36 Å². The van der Waals surface area contributed by atoms with Crippen LogP contribution in [0.3, 0.4) is 0 Å². The third-order valence-electron chi connectivity index (χ3n) is 4.98. The largest absolute Gasteiger partial charge is 1.00 e. The number of aliphatic hydroxyl groups is 3. The fourth-order valence-electron chi connectivity index (χ4n) is 3.04. The zero-order valence-corrected chi connectivity index (χ0v) is 23.5. The van der Waals surface area contributed by atoms with Crippen LogP contribution in [0, 0.1) is 0 Å². The molecule has 0 aromatic rings. The second-order valence-electron chi connectivity index (χ2n) is 8.20. The molecule has 0 aliphatic rings. The van der Waals surface area contributed by atoms with E-state index in [9.17, 15) is 19.4 Å². The van der Waals surface area contributed by atoms with Crippen molar-refractivity contribution in [1.29, 1.82) is 0 Å². The summed E-state index contributed by atoms with van der Waals surface area (Å²) in [6.07, 6.45) is 13.4. The van der Waals surface area contributed by atoms with Crippen molar-refractivity contribution in [2.24, 2.45) is 0 Å². The normalized spacial score (nSPS) is 14.8. The van der Waals surface area contributed by atoms with Crippen LogP contribution in [0.5, 0.6) is 0 Å². The molecule has 0 saturated heterocycles. The Morgan fingerprint density at radius 2 is 1.21 bits per heavy atom. The van der Waals surface area contributed by atoms with Gasteiger partial charge in [-0.05, 0) is 6.42 Å². The number of ether oxygens (including phenoxy) is 1. The SMILES string of the molecule is CCCCCCCCCCCCCCCC(=O)OC[C@@H](O)COP(=O)([O-])OCC(O)CO.[Na+]. The fourth-order valence-corrected chi connectivity index (χ4v) is 3.82. The van der Waals surface area contributed by atoms with E-state index in [-0.39, 0.29) is 42.6 Å². The molecule has 0 saturated carbocycles. The van der Waals surface area contributed by atoms with Gasteiger partial charge in [0.2, 0.25) is 0 Å². The molecule has 3 N–H and O–H groups in total. The van der Waals surface area contributed by atoms with E-state index in [1.54, 1.807) is 0 Å². The molecule has 0 heterocycles. The summed E-state index contributed by atoms with van der Waals surface area (Å²) in [5, 5.41) is 27.3. The molecule has 3 atom stereocenters. The molecule has 0 radical (unpaired) electrons. The van der Waals surface area contributed by atoms with Crippen LogP contribution in [0.25, 0.3) is 0 Å². The summed E-state index contributed by atoms with van der Waals surface area (Å²) in [6, 6.07) is 0. The summed E-state index contributed by atoms with van der Waals surface area (Å²) in [5.74, 6) is -0.445. The maximum Gasteiger partial charge on any atom is 1.00 e. The van der Waals surface area contributed by atoms with Crippen LogP contribution in [0.15, 0.2) is 0 Å². The fraction of sp³-hybridized carbons (Fsp3) is 0.955. The molecule has 0 amide bonds. The second kappa shape index (κ2) is 24.2. The van der Waals surface area contributed by atoms with Gasteiger partial charge in [-0.2, -0.15) is 0 Å². The monoisotopic (exact) mass is 506 g/mol. The number of aliphatic hydroxyl groups excluding tert-OH is 3. The maximum atomic E-state index is 11.7. The van der Waals surface area contributed by atoms with Gasteiger partial charge in [0.05, 0.1) is 19.8 Å². The maximum absolute atomic E-state index is 11.7. The summed E-state index contributed by atoms with van der Waals surface area (Å²) in [5.41, 5.74) is 0. The van der Waals surface area contributed by atoms with Crippen molar-refractivity contribution in [2.45, 2.75) is 109 Å². The quantitative estimate of drug-likeness (QED) is 0.0767. The molecule has 0 aromatic carbocycles. The molecule has 0 aliphatic carbocycles. The van der Waals surface area contributed by atoms with E-state index >= 15 is 0 Å². The van der Waals surface area contributed by atoms with Gasteiger partial charge >= 0.3 is 35.5 Å². The molecule has 9 nitrogen and oxygen atoms in total. The number of esters is 1. The summed E-state index contributed by atoms with van der Waals surface area (Å²) in [6.45, 7) is -0.0893. The molecular formula is C22H44NaO9P. The van der Waals surface area contributed by atoms with E-state index in [4.69, 9.17) is 14.9 Å². The van der Waals surface area contributed by atoms with E-state index < -0.39 is 45.8 Å². The number of carbonyl (C=O) groups excluding carboxylic acids is 1. The van der Waals surface area contributed by atoms with E-state index in [0.717, 1.165) is 19.3 Å². The first kappa shape index (κ1) is 35.6. The standard InChI is InChI=1S/C22H45O9P.Na/c1-2-3-4-5-6-7-8-9-10-11-12-13-14-15-22(26)29-17-21(25)19-31-32(27,28)30-18-20(24)16-23;/h20-21,23-25H,2-19H2,1H3,(H,27,28);/q;+1/p-1/t20?,21-;/m1./s1. The molecule has 0 fully saturated rings. The summed E-state index contributed by atoms with van der Waals surface area (Å²) >= 11 is 0. The number of hydrogen-bond acceptors (Lipinski definition) is 9. The Labute approximate surface area is 221 Å². The zero-order valence-electron chi connectivity index (χ0n) is 20.6. The average Bonchev–Trinajstić information content (AvgIpc) is 2.77. The van der Waals surface area contributed by atoms with Gasteiger partial charge < -0.3 is 34.0 Å². The number of hydrogen-bond donors (Lipinski definition) is 3. The van der Waals surface area contributed by atoms with Crippen LogP contribution in [-0.4, -0.2) is 59.9 Å². The molecule has 192 valence electrons. The Bertz CT molecular complexity index is 496. The summed E-state index contributed by atoms with van der Waals surface area (Å²) in [4.78, 5) is 23.1. The molecule has 33 heavy (non-hydrogen) atoms. The Kier molecular flexibility index (Phi) is 26.1. The van der Waals surface area contributed by atoms with Crippen LogP contribution < -0.4 is 34.5 Å². The van der Waals surface area contributed by atoms with Crippen LogP contribution in [0.1, 0.15) is 96.8 Å². The summed E-state index contributed by atoms with van der Waals surface area (Å²) < 4.78 is 25.1. The second-order valence-corrected chi connectivity index (χ2v) is 9.62. The third-order valence-corrected chi connectivity index (χ3v) is 5.91. The minimum atomic E-state index is -4.73. The van der Waals surface area contributed by atoms with Crippen LogP contribution in [0.2, 0.25) is 0 Å². The van der Waals surface area contributed by atoms with Gasteiger partial charge in [-0.25, -0.2) is 0 Å². The topological polar surface area (TPSA) is 146 Å². The van der Waals surface area contributed by atoms with Gasteiger partial charge in [-0.1, -0.05) is 84.0 Å². The van der Waals surface area contributed by atoms with Crippen molar-refractivity contribution in [1.82, 2.24) is 0 Å². The molecule has 0 aromatic heterocycles. The molecular weight excluding hydrogens is 462 g/mol. The Morgan fingerprint density at radius 3 is 1.67 bits per heavy atom.